The van der Waals surface area contributed by atoms with E-state index in [1.807, 2.05) is 24.3 Å². The second-order valence-corrected chi connectivity index (χ2v) is 8.79. The van der Waals surface area contributed by atoms with E-state index in [1.54, 1.807) is 30.3 Å². The zero-order valence-electron chi connectivity index (χ0n) is 17.6. The lowest BCUT2D eigenvalue weighted by molar-refractivity contribution is -0.384. The van der Waals surface area contributed by atoms with Crippen molar-refractivity contribution < 1.29 is 19.2 Å². The molecule has 4 rings (SSSR count). The molecule has 0 bridgehead atoms. The fourth-order valence-electron chi connectivity index (χ4n) is 3.24. The number of nitrogens with one attached hydrogen (secondary N) is 1. The van der Waals surface area contributed by atoms with Crippen molar-refractivity contribution in [2.75, 3.05) is 5.32 Å². The number of aromatic nitrogens is 1. The summed E-state index contributed by atoms with van der Waals surface area (Å²) < 4.78 is 6.58. The number of rotatable bonds is 8. The zero-order chi connectivity index (χ0) is 24.1. The smallest absolute Gasteiger partial charge is 0.307 e. The van der Waals surface area contributed by atoms with Gasteiger partial charge >= 0.3 is 5.97 Å². The number of hydrogen-bond acceptors (Lipinski definition) is 7. The van der Waals surface area contributed by atoms with Crippen LogP contribution in [0.4, 0.5) is 11.4 Å². The van der Waals surface area contributed by atoms with Crippen LogP contribution in [0.1, 0.15) is 23.1 Å². The lowest BCUT2D eigenvalue weighted by Crippen LogP contribution is -2.26. The molecule has 8 nitrogen and oxygen atoms in total. The molecule has 1 N–H and O–H groups in total. The number of esters is 1. The number of amides is 1. The van der Waals surface area contributed by atoms with E-state index < -0.39 is 22.9 Å². The summed E-state index contributed by atoms with van der Waals surface area (Å²) in [5.74, 6) is -1.19. The Morgan fingerprint density at radius 1 is 1.09 bits per heavy atom. The average Bonchev–Trinajstić information content (AvgIpc) is 3.26. The van der Waals surface area contributed by atoms with Crippen LogP contribution in [0.15, 0.2) is 72.8 Å². The van der Waals surface area contributed by atoms with Crippen LogP contribution < -0.4 is 5.32 Å². The third-order valence-electron chi connectivity index (χ3n) is 4.89. The number of carbonyl (C=O) groups excluding carboxylic acids is 2. The molecule has 0 saturated heterocycles. The van der Waals surface area contributed by atoms with Gasteiger partial charge in [-0.25, -0.2) is 4.98 Å². The van der Waals surface area contributed by atoms with Crippen LogP contribution in [0, 0.1) is 10.1 Å². The van der Waals surface area contributed by atoms with Crippen molar-refractivity contribution in [2.24, 2.45) is 0 Å². The van der Waals surface area contributed by atoms with Crippen molar-refractivity contribution in [3.05, 3.63) is 98.5 Å². The number of anilines is 1. The predicted molar refractivity (Wildman–Crippen MR) is 130 cm³/mol. The first-order valence-electron chi connectivity index (χ1n) is 10.2. The molecule has 10 heteroatoms. The molecule has 1 aromatic heterocycles. The summed E-state index contributed by atoms with van der Waals surface area (Å²) in [5.41, 5.74) is 1.32. The highest BCUT2D eigenvalue weighted by molar-refractivity contribution is 7.18. The van der Waals surface area contributed by atoms with E-state index in [2.05, 4.69) is 10.3 Å². The highest BCUT2D eigenvalue weighted by atomic mass is 35.5. The third kappa shape index (κ3) is 5.56. The second-order valence-electron chi connectivity index (χ2n) is 7.27. The highest BCUT2D eigenvalue weighted by Gasteiger charge is 2.26. The number of para-hydroxylation sites is 1. The molecule has 0 fully saturated rings. The number of non-ortho nitro benzene ring substituents is 1. The van der Waals surface area contributed by atoms with Crippen LogP contribution in [-0.4, -0.2) is 21.8 Å². The fraction of sp³-hybridized carbons (Fsp3) is 0.125. The summed E-state index contributed by atoms with van der Waals surface area (Å²) in [6.07, 6.45) is -0.792. The first kappa shape index (κ1) is 23.3. The normalized spacial score (nSPS) is 11.7. The molecule has 0 radical (unpaired) electrons. The van der Waals surface area contributed by atoms with Gasteiger partial charge in [0.1, 0.15) is 0 Å². The topological polar surface area (TPSA) is 111 Å². The summed E-state index contributed by atoms with van der Waals surface area (Å²) in [5, 5.41) is 14.3. The number of aryl methyl sites for hydroxylation is 1. The quantitative estimate of drug-likeness (QED) is 0.190. The molecule has 4 aromatic rings. The zero-order valence-corrected chi connectivity index (χ0v) is 19.2. The molecule has 34 heavy (non-hydrogen) atoms. The van der Waals surface area contributed by atoms with Crippen molar-refractivity contribution >= 4 is 56.4 Å². The minimum Gasteiger partial charge on any atom is -0.447 e. The lowest BCUT2D eigenvalue weighted by Gasteiger charge is -2.18. The Morgan fingerprint density at radius 2 is 1.82 bits per heavy atom. The number of benzene rings is 3. The Hall–Kier alpha value is -3.82. The van der Waals surface area contributed by atoms with Crippen LogP contribution in [0.2, 0.25) is 5.02 Å². The van der Waals surface area contributed by atoms with Gasteiger partial charge in [-0.05, 0) is 18.2 Å². The van der Waals surface area contributed by atoms with E-state index in [9.17, 15) is 19.7 Å². The van der Waals surface area contributed by atoms with Gasteiger partial charge in [-0.1, -0.05) is 54.1 Å². The van der Waals surface area contributed by atoms with Crippen LogP contribution in [0.3, 0.4) is 0 Å². The van der Waals surface area contributed by atoms with E-state index >= 15 is 0 Å². The minimum atomic E-state index is -1.23. The Balaban J connectivity index is 1.46. The van der Waals surface area contributed by atoms with Gasteiger partial charge in [-0.3, -0.25) is 19.7 Å². The first-order valence-corrected chi connectivity index (χ1v) is 11.4. The molecule has 1 unspecified atom stereocenters. The molecule has 3 aromatic carbocycles. The second kappa shape index (κ2) is 10.4. The maximum atomic E-state index is 13.0. The lowest BCUT2D eigenvalue weighted by atomic mass is 10.1. The minimum absolute atomic E-state index is 0.00322. The van der Waals surface area contributed by atoms with Crippen molar-refractivity contribution in [1.82, 2.24) is 4.98 Å². The van der Waals surface area contributed by atoms with Gasteiger partial charge in [0.2, 0.25) is 6.10 Å². The SMILES string of the molecule is O=C(CCc1nc2ccccc2s1)OC(C(=O)Nc1ccc([N+](=O)[O-])cc1Cl)c1ccccc1. The largest absolute Gasteiger partial charge is 0.447 e. The summed E-state index contributed by atoms with van der Waals surface area (Å²) in [7, 11) is 0. The maximum absolute atomic E-state index is 13.0. The Kier molecular flexibility index (Phi) is 7.15. The molecule has 172 valence electrons. The number of carbonyl (C=O) groups is 2. The number of halogens is 1. The number of ether oxygens (including phenoxy) is 1. The van der Waals surface area contributed by atoms with Crippen LogP contribution in [0.5, 0.6) is 0 Å². The fourth-order valence-corrected chi connectivity index (χ4v) is 4.43. The number of nitrogens with zero attached hydrogens (tertiary/aromatic N) is 2. The van der Waals surface area contributed by atoms with Gasteiger partial charge in [0.05, 0.1) is 37.3 Å². The molecule has 0 saturated carbocycles. The molecule has 0 aliphatic carbocycles. The van der Waals surface area contributed by atoms with Crippen LogP contribution in [0.25, 0.3) is 10.2 Å². The maximum Gasteiger partial charge on any atom is 0.307 e. The van der Waals surface area contributed by atoms with Gasteiger partial charge in [0.25, 0.3) is 11.6 Å². The Bertz CT molecular complexity index is 1330. The van der Waals surface area contributed by atoms with Gasteiger partial charge in [0.15, 0.2) is 0 Å². The van der Waals surface area contributed by atoms with Gasteiger partial charge in [-0.2, -0.15) is 0 Å². The van der Waals surface area contributed by atoms with E-state index in [4.69, 9.17) is 16.3 Å². The summed E-state index contributed by atoms with van der Waals surface area (Å²) >= 11 is 7.60. The number of thiazole rings is 1. The standard InChI is InChI=1S/C24H18ClN3O5S/c25-17-14-16(28(31)32)10-11-18(17)27-24(30)23(15-6-2-1-3-7-15)33-22(29)13-12-21-26-19-8-4-5-9-20(19)34-21/h1-11,14,23H,12-13H2,(H,27,30). The van der Waals surface area contributed by atoms with Crippen molar-refractivity contribution in [3.63, 3.8) is 0 Å². The molecule has 1 heterocycles. The van der Waals surface area contributed by atoms with Crippen molar-refractivity contribution in [2.45, 2.75) is 18.9 Å². The number of nitro benzene ring substituents is 1. The van der Waals surface area contributed by atoms with Crippen molar-refractivity contribution in [1.29, 1.82) is 0 Å². The van der Waals surface area contributed by atoms with Crippen LogP contribution >= 0.6 is 22.9 Å². The Labute approximate surface area is 203 Å². The average molecular weight is 496 g/mol. The molecule has 0 aliphatic rings. The number of hydrogen-bond donors (Lipinski definition) is 1. The third-order valence-corrected chi connectivity index (χ3v) is 6.30. The molecular weight excluding hydrogens is 478 g/mol. The van der Waals surface area contributed by atoms with E-state index in [0.29, 0.717) is 12.0 Å². The summed E-state index contributed by atoms with van der Waals surface area (Å²) in [4.78, 5) is 40.5. The monoisotopic (exact) mass is 495 g/mol. The molecule has 1 atom stereocenters. The molecule has 1 amide bonds. The molecule has 0 aliphatic heterocycles. The number of fused-ring (bicyclic) bond motifs is 1. The van der Waals surface area contributed by atoms with E-state index in [1.165, 1.54) is 23.5 Å². The highest BCUT2D eigenvalue weighted by Crippen LogP contribution is 2.29. The van der Waals surface area contributed by atoms with Crippen LogP contribution in [-0.2, 0) is 20.7 Å². The number of nitro groups is 1. The molecular formula is C24H18ClN3O5S. The van der Waals surface area contributed by atoms with Crippen molar-refractivity contribution in [3.8, 4) is 0 Å². The van der Waals surface area contributed by atoms with Gasteiger partial charge in [0, 0.05) is 24.1 Å². The predicted octanol–water partition coefficient (Wildman–Crippen LogP) is 5.71. The van der Waals surface area contributed by atoms with Gasteiger partial charge in [-0.15, -0.1) is 11.3 Å². The summed E-state index contributed by atoms with van der Waals surface area (Å²) in [6.45, 7) is 0. The summed E-state index contributed by atoms with van der Waals surface area (Å²) in [6, 6.07) is 20.0. The van der Waals surface area contributed by atoms with Gasteiger partial charge < -0.3 is 10.1 Å². The van der Waals surface area contributed by atoms with E-state index in [0.717, 1.165) is 21.3 Å². The first-order chi connectivity index (χ1) is 16.4. The molecule has 0 spiro atoms. The Morgan fingerprint density at radius 3 is 2.53 bits per heavy atom. The van der Waals surface area contributed by atoms with E-state index in [-0.39, 0.29) is 22.8 Å².